The molecule has 1 aliphatic carbocycles. The number of hydrogen-bond acceptors (Lipinski definition) is 3. The van der Waals surface area contributed by atoms with Crippen LogP contribution in [0.1, 0.15) is 61.2 Å². The van der Waals surface area contributed by atoms with E-state index in [0.717, 1.165) is 39.8 Å². The Morgan fingerprint density at radius 1 is 1.00 bits per heavy atom. The third-order valence-electron chi connectivity index (χ3n) is 6.38. The van der Waals surface area contributed by atoms with Crippen LogP contribution in [0.25, 0.3) is 22.3 Å². The topological polar surface area (TPSA) is 72.2 Å². The summed E-state index contributed by atoms with van der Waals surface area (Å²) in [7, 11) is 1.60. The summed E-state index contributed by atoms with van der Waals surface area (Å²) in [6, 6.07) is 17.5. The van der Waals surface area contributed by atoms with Gasteiger partial charge < -0.3 is 11.1 Å². The molecule has 1 aliphatic rings. The van der Waals surface area contributed by atoms with Gasteiger partial charge in [0.05, 0.1) is 5.57 Å². The zero-order valence-electron chi connectivity index (χ0n) is 21.0. The van der Waals surface area contributed by atoms with Gasteiger partial charge in [0.15, 0.2) is 5.78 Å². The lowest BCUT2D eigenvalue weighted by molar-refractivity contribution is -0.115. The van der Waals surface area contributed by atoms with Crippen LogP contribution in [0.3, 0.4) is 0 Å². The van der Waals surface area contributed by atoms with Crippen LogP contribution in [0.5, 0.6) is 0 Å². The van der Waals surface area contributed by atoms with E-state index in [1.54, 1.807) is 19.2 Å². The van der Waals surface area contributed by atoms with E-state index < -0.39 is 0 Å². The van der Waals surface area contributed by atoms with E-state index in [2.05, 4.69) is 5.32 Å². The molecule has 3 N–H and O–H groups in total. The highest BCUT2D eigenvalue weighted by atomic mass is 19.1. The lowest BCUT2D eigenvalue weighted by Gasteiger charge is -2.13. The third kappa shape index (κ3) is 5.19. The number of nitrogens with one attached hydrogen (secondary N) is 1. The molecule has 35 heavy (non-hydrogen) atoms. The summed E-state index contributed by atoms with van der Waals surface area (Å²) in [5, 5.41) is 2.73. The van der Waals surface area contributed by atoms with E-state index in [0.29, 0.717) is 23.2 Å². The maximum Gasteiger partial charge on any atom is 0.251 e. The van der Waals surface area contributed by atoms with E-state index in [1.807, 2.05) is 64.1 Å². The number of rotatable bonds is 6. The molecular formula is C30H33FN2O2. The van der Waals surface area contributed by atoms with E-state index >= 15 is 0 Å². The molecule has 0 bridgehead atoms. The summed E-state index contributed by atoms with van der Waals surface area (Å²) in [6.45, 7) is 7.92. The van der Waals surface area contributed by atoms with E-state index in [9.17, 15) is 14.0 Å². The number of carbonyl (C=O) groups excluding carboxylic acids is 2. The molecule has 3 aromatic carbocycles. The standard InChI is InChI=1S/C28H27FN2O2.C2H6/c1-4-16(2)27(32)19-7-5-6-18(12-19)22-15-24-20(14-25(22)30)13-23(26(24)28(33)31-3)17-8-10-21(29)11-9-17;1-2/h5-12,14-16H,4,13,30H2,1-3H3,(H,31,33);1-2H3. The number of nitrogens with two attached hydrogens (primary N) is 1. The van der Waals surface area contributed by atoms with Gasteiger partial charge in [-0.2, -0.15) is 0 Å². The van der Waals surface area contributed by atoms with E-state index in [-0.39, 0.29) is 23.4 Å². The first-order valence-electron chi connectivity index (χ1n) is 12.1. The molecule has 0 fully saturated rings. The average Bonchev–Trinajstić information content (AvgIpc) is 3.26. The van der Waals surface area contributed by atoms with Crippen LogP contribution in [-0.4, -0.2) is 18.7 Å². The fourth-order valence-electron chi connectivity index (χ4n) is 4.33. The number of fused-ring (bicyclic) bond motifs is 1. The summed E-state index contributed by atoms with van der Waals surface area (Å²) < 4.78 is 13.5. The number of likely N-dealkylation sites (N-methyl/N-ethyl adjacent to an activating group) is 1. The van der Waals surface area contributed by atoms with Crippen LogP contribution in [0, 0.1) is 11.7 Å². The maximum atomic E-state index is 13.5. The molecule has 0 saturated carbocycles. The summed E-state index contributed by atoms with van der Waals surface area (Å²) in [5.74, 6) is -0.485. The van der Waals surface area contributed by atoms with Gasteiger partial charge in [0, 0.05) is 29.8 Å². The van der Waals surface area contributed by atoms with Gasteiger partial charge in [-0.15, -0.1) is 0 Å². The Bertz CT molecular complexity index is 1280. The summed E-state index contributed by atoms with van der Waals surface area (Å²) in [5.41, 5.74) is 13.2. The van der Waals surface area contributed by atoms with Gasteiger partial charge >= 0.3 is 0 Å². The van der Waals surface area contributed by atoms with Crippen molar-refractivity contribution in [1.29, 1.82) is 0 Å². The number of anilines is 1. The highest BCUT2D eigenvalue weighted by molar-refractivity contribution is 6.29. The Hall–Kier alpha value is -3.73. The SMILES string of the molecule is CC.CCC(C)C(=O)c1cccc(-c2cc3c(cc2N)CC(c2ccc(F)cc2)=C3C(=O)NC)c1. The first-order chi connectivity index (χ1) is 16.8. The smallest absolute Gasteiger partial charge is 0.251 e. The van der Waals surface area contributed by atoms with Crippen LogP contribution < -0.4 is 11.1 Å². The van der Waals surface area contributed by atoms with Crippen molar-refractivity contribution in [3.8, 4) is 11.1 Å². The zero-order valence-corrected chi connectivity index (χ0v) is 21.0. The molecule has 3 aromatic rings. The van der Waals surface area contributed by atoms with Crippen molar-refractivity contribution < 1.29 is 14.0 Å². The number of allylic oxidation sites excluding steroid dienone is 1. The Morgan fingerprint density at radius 2 is 1.69 bits per heavy atom. The molecule has 1 unspecified atom stereocenters. The third-order valence-corrected chi connectivity index (χ3v) is 6.38. The molecule has 0 spiro atoms. The zero-order chi connectivity index (χ0) is 25.7. The van der Waals surface area contributed by atoms with Gasteiger partial charge in [-0.1, -0.05) is 58.0 Å². The minimum Gasteiger partial charge on any atom is -0.398 e. The predicted octanol–water partition coefficient (Wildman–Crippen LogP) is 6.54. The Morgan fingerprint density at radius 3 is 2.31 bits per heavy atom. The number of nitrogen functional groups attached to an aromatic ring is 1. The largest absolute Gasteiger partial charge is 0.398 e. The minimum atomic E-state index is -0.324. The van der Waals surface area contributed by atoms with Crippen LogP contribution >= 0.6 is 0 Å². The number of amides is 1. The number of benzene rings is 3. The molecule has 0 aromatic heterocycles. The molecule has 1 atom stereocenters. The number of Topliss-reactive ketones (excluding diaryl/α,β-unsaturated/α-hetero) is 1. The number of halogens is 1. The fraction of sp³-hybridized carbons (Fsp3) is 0.267. The Labute approximate surface area is 207 Å². The van der Waals surface area contributed by atoms with Gasteiger partial charge in [-0.05, 0) is 71.0 Å². The van der Waals surface area contributed by atoms with Gasteiger partial charge in [0.2, 0.25) is 0 Å². The first-order valence-corrected chi connectivity index (χ1v) is 12.1. The van der Waals surface area contributed by atoms with Crippen LogP contribution in [-0.2, 0) is 11.2 Å². The van der Waals surface area contributed by atoms with Crippen molar-refractivity contribution in [2.45, 2.75) is 40.5 Å². The summed E-state index contributed by atoms with van der Waals surface area (Å²) >= 11 is 0. The summed E-state index contributed by atoms with van der Waals surface area (Å²) in [4.78, 5) is 25.6. The van der Waals surface area contributed by atoms with Gasteiger partial charge in [0.1, 0.15) is 5.82 Å². The Kier molecular flexibility index (Phi) is 8.23. The van der Waals surface area contributed by atoms with Gasteiger partial charge in [-0.25, -0.2) is 4.39 Å². The quantitative estimate of drug-likeness (QED) is 0.316. The van der Waals surface area contributed by atoms with E-state index in [4.69, 9.17) is 5.73 Å². The lowest BCUT2D eigenvalue weighted by Crippen LogP contribution is -2.19. The molecule has 1 amide bonds. The molecule has 182 valence electrons. The van der Waals surface area contributed by atoms with Crippen molar-refractivity contribution in [3.05, 3.63) is 88.7 Å². The molecule has 0 saturated heterocycles. The predicted molar refractivity (Wildman–Crippen MR) is 142 cm³/mol. The first kappa shape index (κ1) is 25.9. The minimum absolute atomic E-state index is 0.0568. The van der Waals surface area contributed by atoms with Crippen molar-refractivity contribution in [1.82, 2.24) is 5.32 Å². The summed E-state index contributed by atoms with van der Waals surface area (Å²) in [6.07, 6.45) is 1.30. The van der Waals surface area contributed by atoms with Crippen LogP contribution in [0.2, 0.25) is 0 Å². The van der Waals surface area contributed by atoms with Crippen LogP contribution in [0.15, 0.2) is 60.7 Å². The second kappa shape index (κ2) is 11.1. The highest BCUT2D eigenvalue weighted by Crippen LogP contribution is 2.42. The van der Waals surface area contributed by atoms with Crippen molar-refractivity contribution in [2.24, 2.45) is 5.92 Å². The second-order valence-corrected chi connectivity index (χ2v) is 8.47. The van der Waals surface area contributed by atoms with Crippen molar-refractivity contribution in [2.75, 3.05) is 12.8 Å². The number of ketones is 1. The molecule has 0 heterocycles. The molecule has 0 aliphatic heterocycles. The van der Waals surface area contributed by atoms with E-state index in [1.165, 1.54) is 12.1 Å². The molecular weight excluding hydrogens is 439 g/mol. The molecule has 5 heteroatoms. The van der Waals surface area contributed by atoms with Crippen LogP contribution in [0.4, 0.5) is 10.1 Å². The lowest BCUT2D eigenvalue weighted by atomic mass is 9.92. The van der Waals surface area contributed by atoms with Gasteiger partial charge in [-0.3, -0.25) is 9.59 Å². The average molecular weight is 473 g/mol. The monoisotopic (exact) mass is 472 g/mol. The molecule has 4 rings (SSSR count). The molecule has 4 nitrogen and oxygen atoms in total. The maximum absolute atomic E-state index is 13.5. The number of carbonyl (C=O) groups is 2. The fourth-order valence-corrected chi connectivity index (χ4v) is 4.33. The normalized spacial score (nSPS) is 13.0. The Balaban J connectivity index is 0.00000167. The highest BCUT2D eigenvalue weighted by Gasteiger charge is 2.28. The van der Waals surface area contributed by atoms with Crippen molar-refractivity contribution >= 4 is 28.5 Å². The second-order valence-electron chi connectivity index (χ2n) is 8.47. The van der Waals surface area contributed by atoms with Gasteiger partial charge in [0.25, 0.3) is 5.91 Å². The van der Waals surface area contributed by atoms with Crippen molar-refractivity contribution in [3.63, 3.8) is 0 Å². The number of hydrogen-bond donors (Lipinski definition) is 2. The molecule has 0 radical (unpaired) electrons.